The molecule has 0 atom stereocenters. The van der Waals surface area contributed by atoms with E-state index in [0.29, 0.717) is 22.0 Å². The van der Waals surface area contributed by atoms with Crippen LogP contribution in [0.25, 0.3) is 0 Å². The minimum atomic E-state index is -0.722. The van der Waals surface area contributed by atoms with Gasteiger partial charge in [0.2, 0.25) is 0 Å². The van der Waals surface area contributed by atoms with E-state index in [4.69, 9.17) is 23.2 Å². The van der Waals surface area contributed by atoms with E-state index in [9.17, 15) is 24.9 Å². The molecule has 32 heavy (non-hydrogen) atoms. The summed E-state index contributed by atoms with van der Waals surface area (Å²) in [6, 6.07) is 13.3. The number of rotatable bonds is 5. The van der Waals surface area contributed by atoms with Gasteiger partial charge < -0.3 is 20.6 Å². The zero-order chi connectivity index (χ0) is 23.4. The summed E-state index contributed by atoms with van der Waals surface area (Å²) in [6.07, 6.45) is 0. The normalized spacial score (nSPS) is 11.2. The topological polar surface area (TPSA) is 131 Å². The second-order valence-corrected chi connectivity index (χ2v) is 7.50. The van der Waals surface area contributed by atoms with Crippen molar-refractivity contribution in [3.05, 3.63) is 81.3 Å². The largest absolute Gasteiger partial charge is 0.504 e. The number of phenols is 3. The maximum absolute atomic E-state index is 12.5. The predicted molar refractivity (Wildman–Crippen MR) is 122 cm³/mol. The first-order valence-corrected chi connectivity index (χ1v) is 9.87. The summed E-state index contributed by atoms with van der Waals surface area (Å²) in [5.74, 6) is -3.13. The van der Waals surface area contributed by atoms with E-state index in [1.165, 1.54) is 12.1 Å². The fourth-order valence-electron chi connectivity index (χ4n) is 2.69. The third-order valence-electron chi connectivity index (χ3n) is 4.37. The van der Waals surface area contributed by atoms with Crippen LogP contribution >= 0.6 is 23.2 Å². The fraction of sp³-hybridized carbons (Fsp3) is 0.0455. The molecule has 5 N–H and O–H groups in total. The van der Waals surface area contributed by atoms with Crippen molar-refractivity contribution in [2.24, 2.45) is 5.10 Å². The summed E-state index contributed by atoms with van der Waals surface area (Å²) in [7, 11) is 0. The van der Waals surface area contributed by atoms with Gasteiger partial charge in [-0.1, -0.05) is 35.3 Å². The van der Waals surface area contributed by atoms with Crippen LogP contribution in [0.2, 0.25) is 10.0 Å². The van der Waals surface area contributed by atoms with Crippen molar-refractivity contribution in [2.45, 2.75) is 6.92 Å². The molecular weight excluding hydrogens is 457 g/mol. The fourth-order valence-corrected chi connectivity index (χ4v) is 3.19. The molecule has 3 aromatic rings. The zero-order valence-corrected chi connectivity index (χ0v) is 18.1. The minimum Gasteiger partial charge on any atom is -0.504 e. The molecule has 0 spiro atoms. The Morgan fingerprint density at radius 1 is 0.875 bits per heavy atom. The standard InChI is InChI=1S/C22H17Cl2N3O5/c1-11(26-27-21(31)13-8-18(28)20(30)19(29)9-13)12-3-2-4-15(7-12)25-22(32)16-6-5-14(23)10-17(16)24/h2-10,28-30H,1H3,(H,25,32)(H,27,31). The lowest BCUT2D eigenvalue weighted by Crippen LogP contribution is -2.19. The molecule has 0 unspecified atom stereocenters. The Balaban J connectivity index is 1.73. The molecule has 0 aromatic heterocycles. The lowest BCUT2D eigenvalue weighted by atomic mass is 10.1. The number of hydrazone groups is 1. The van der Waals surface area contributed by atoms with Crippen molar-refractivity contribution in [3.8, 4) is 17.2 Å². The average Bonchev–Trinajstić information content (AvgIpc) is 2.75. The minimum absolute atomic E-state index is 0.102. The Kier molecular flexibility index (Phi) is 6.87. The number of nitrogens with zero attached hydrogens (tertiary/aromatic N) is 1. The smallest absolute Gasteiger partial charge is 0.271 e. The van der Waals surface area contributed by atoms with E-state index >= 15 is 0 Å². The molecule has 0 heterocycles. The summed E-state index contributed by atoms with van der Waals surface area (Å²) in [5, 5.41) is 35.8. The van der Waals surface area contributed by atoms with Crippen molar-refractivity contribution in [1.82, 2.24) is 5.43 Å². The Morgan fingerprint density at radius 2 is 1.56 bits per heavy atom. The number of aromatic hydroxyl groups is 3. The van der Waals surface area contributed by atoms with Gasteiger partial charge in [0.05, 0.1) is 16.3 Å². The highest BCUT2D eigenvalue weighted by atomic mass is 35.5. The highest BCUT2D eigenvalue weighted by Crippen LogP contribution is 2.35. The maximum atomic E-state index is 12.5. The van der Waals surface area contributed by atoms with Crippen LogP contribution in [0.3, 0.4) is 0 Å². The Labute approximate surface area is 192 Å². The molecule has 0 aliphatic carbocycles. The first-order valence-electron chi connectivity index (χ1n) is 9.12. The van der Waals surface area contributed by atoms with Gasteiger partial charge in [0.15, 0.2) is 17.2 Å². The highest BCUT2D eigenvalue weighted by molar-refractivity contribution is 6.37. The summed E-state index contributed by atoms with van der Waals surface area (Å²) in [6.45, 7) is 1.64. The number of amides is 2. The second kappa shape index (κ2) is 9.59. The number of benzene rings is 3. The van der Waals surface area contributed by atoms with E-state index in [2.05, 4.69) is 15.8 Å². The van der Waals surface area contributed by atoms with Gasteiger partial charge in [-0.3, -0.25) is 9.59 Å². The lowest BCUT2D eigenvalue weighted by Gasteiger charge is -2.09. The van der Waals surface area contributed by atoms with Crippen LogP contribution < -0.4 is 10.7 Å². The molecule has 0 aliphatic heterocycles. The molecular formula is C22H17Cl2N3O5. The Hall–Kier alpha value is -3.75. The SMILES string of the molecule is CC(=NNC(=O)c1cc(O)c(O)c(O)c1)c1cccc(NC(=O)c2ccc(Cl)cc2Cl)c1. The van der Waals surface area contributed by atoms with E-state index in [0.717, 1.165) is 12.1 Å². The highest BCUT2D eigenvalue weighted by Gasteiger charge is 2.14. The van der Waals surface area contributed by atoms with Gasteiger partial charge in [-0.25, -0.2) is 5.43 Å². The van der Waals surface area contributed by atoms with E-state index in [1.807, 2.05) is 0 Å². The second-order valence-electron chi connectivity index (χ2n) is 6.66. The molecule has 8 nitrogen and oxygen atoms in total. The summed E-state index contributed by atoms with van der Waals surface area (Å²) in [4.78, 5) is 24.7. The number of carbonyl (C=O) groups excluding carboxylic acids is 2. The third kappa shape index (κ3) is 5.29. The Bertz CT molecular complexity index is 1220. The lowest BCUT2D eigenvalue weighted by molar-refractivity contribution is 0.0953. The van der Waals surface area contributed by atoms with Gasteiger partial charge in [0.25, 0.3) is 11.8 Å². The van der Waals surface area contributed by atoms with E-state index in [-0.39, 0.29) is 16.1 Å². The molecule has 0 radical (unpaired) electrons. The summed E-state index contributed by atoms with van der Waals surface area (Å²) in [5.41, 5.74) is 3.97. The van der Waals surface area contributed by atoms with Crippen LogP contribution in [0, 0.1) is 0 Å². The zero-order valence-electron chi connectivity index (χ0n) is 16.6. The van der Waals surface area contributed by atoms with E-state index < -0.39 is 29.1 Å². The molecule has 0 aliphatic rings. The van der Waals surface area contributed by atoms with Gasteiger partial charge in [-0.05, 0) is 55.0 Å². The molecule has 3 rings (SSSR count). The van der Waals surface area contributed by atoms with Crippen LogP contribution in [0.1, 0.15) is 33.2 Å². The molecule has 0 bridgehead atoms. The van der Waals surface area contributed by atoms with Crippen LogP contribution in [-0.4, -0.2) is 32.8 Å². The predicted octanol–water partition coefficient (Wildman–Crippen LogP) is 4.52. The molecule has 10 heteroatoms. The average molecular weight is 474 g/mol. The van der Waals surface area contributed by atoms with Crippen molar-refractivity contribution in [3.63, 3.8) is 0 Å². The maximum Gasteiger partial charge on any atom is 0.271 e. The molecule has 2 amide bonds. The van der Waals surface area contributed by atoms with Crippen molar-refractivity contribution in [1.29, 1.82) is 0 Å². The number of hydrogen-bond donors (Lipinski definition) is 5. The first kappa shape index (κ1) is 22.9. The number of hydrogen-bond acceptors (Lipinski definition) is 6. The molecule has 3 aromatic carbocycles. The number of carbonyl (C=O) groups is 2. The van der Waals surface area contributed by atoms with Crippen molar-refractivity contribution < 1.29 is 24.9 Å². The van der Waals surface area contributed by atoms with Gasteiger partial charge >= 0.3 is 0 Å². The molecule has 164 valence electrons. The number of nitrogens with one attached hydrogen (secondary N) is 2. The van der Waals surface area contributed by atoms with Gasteiger partial charge in [-0.2, -0.15) is 5.10 Å². The summed E-state index contributed by atoms with van der Waals surface area (Å²) < 4.78 is 0. The van der Waals surface area contributed by atoms with Gasteiger partial charge in [0.1, 0.15) is 0 Å². The molecule has 0 fully saturated rings. The monoisotopic (exact) mass is 473 g/mol. The van der Waals surface area contributed by atoms with E-state index in [1.54, 1.807) is 37.3 Å². The van der Waals surface area contributed by atoms with Gasteiger partial charge in [-0.15, -0.1) is 0 Å². The summed E-state index contributed by atoms with van der Waals surface area (Å²) >= 11 is 11.9. The van der Waals surface area contributed by atoms with Gasteiger partial charge in [0, 0.05) is 16.3 Å². The molecule has 0 saturated carbocycles. The van der Waals surface area contributed by atoms with Crippen molar-refractivity contribution in [2.75, 3.05) is 5.32 Å². The van der Waals surface area contributed by atoms with Crippen LogP contribution in [0.4, 0.5) is 5.69 Å². The van der Waals surface area contributed by atoms with Crippen LogP contribution in [0.5, 0.6) is 17.2 Å². The number of phenolic OH excluding ortho intramolecular Hbond substituents is 3. The van der Waals surface area contributed by atoms with Crippen LogP contribution in [0.15, 0.2) is 59.7 Å². The number of halogens is 2. The van der Waals surface area contributed by atoms with Crippen LogP contribution in [-0.2, 0) is 0 Å². The first-order chi connectivity index (χ1) is 15.2. The number of anilines is 1. The quantitative estimate of drug-likeness (QED) is 0.211. The Morgan fingerprint density at radius 3 is 2.22 bits per heavy atom. The van der Waals surface area contributed by atoms with Crippen molar-refractivity contribution >= 4 is 46.4 Å². The third-order valence-corrected chi connectivity index (χ3v) is 4.92. The molecule has 0 saturated heterocycles.